The van der Waals surface area contributed by atoms with Crippen molar-refractivity contribution in [2.45, 2.75) is 12.0 Å². The van der Waals surface area contributed by atoms with E-state index in [1.165, 1.54) is 12.1 Å². The van der Waals surface area contributed by atoms with E-state index in [-0.39, 0.29) is 5.82 Å². The molecule has 0 aliphatic carbocycles. The molecule has 1 fully saturated rings. The van der Waals surface area contributed by atoms with Crippen LogP contribution in [0.15, 0.2) is 27.2 Å². The quantitative estimate of drug-likeness (QED) is 0.915. The molecule has 2 aromatic rings. The first-order chi connectivity index (χ1) is 9.07. The maximum Gasteiger partial charge on any atom is 0.249 e. The van der Waals surface area contributed by atoms with E-state index in [1.807, 2.05) is 0 Å². The van der Waals surface area contributed by atoms with Crippen LogP contribution in [-0.2, 0) is 10.3 Å². The molecule has 0 amide bonds. The molecule has 1 unspecified atom stereocenters. The predicted molar refractivity (Wildman–Crippen MR) is 68.7 cm³/mol. The van der Waals surface area contributed by atoms with Crippen molar-refractivity contribution >= 4 is 15.9 Å². The summed E-state index contributed by atoms with van der Waals surface area (Å²) in [6.07, 6.45) is 0.626. The zero-order valence-corrected chi connectivity index (χ0v) is 11.5. The lowest BCUT2D eigenvalue weighted by molar-refractivity contribution is 0.166. The summed E-state index contributed by atoms with van der Waals surface area (Å²) < 4.78 is 24.4. The molecule has 2 N–H and O–H groups in total. The third-order valence-electron chi connectivity index (χ3n) is 3.02. The molecule has 1 aliphatic rings. The highest BCUT2D eigenvalue weighted by atomic mass is 79.9. The smallest absolute Gasteiger partial charge is 0.249 e. The Hall–Kier alpha value is -1.31. The standard InChI is InChI=1S/C12H11BrFN3O2/c13-8-3-7(4-9(14)5-8)10-16-11(19-17-10)12(15)1-2-18-6-12/h3-5H,1-2,6,15H2. The molecule has 0 radical (unpaired) electrons. The summed E-state index contributed by atoms with van der Waals surface area (Å²) in [6, 6.07) is 4.42. The summed E-state index contributed by atoms with van der Waals surface area (Å²) in [4.78, 5) is 4.25. The van der Waals surface area contributed by atoms with E-state index in [2.05, 4.69) is 26.1 Å². The molecule has 1 aromatic heterocycles. The molecular weight excluding hydrogens is 317 g/mol. The van der Waals surface area contributed by atoms with Gasteiger partial charge in [0.1, 0.15) is 11.4 Å². The number of hydrogen-bond donors (Lipinski definition) is 1. The first kappa shape index (κ1) is 12.7. The second-order valence-electron chi connectivity index (χ2n) is 4.54. The molecule has 5 nitrogen and oxygen atoms in total. The summed E-state index contributed by atoms with van der Waals surface area (Å²) in [7, 11) is 0. The second kappa shape index (κ2) is 4.66. The lowest BCUT2D eigenvalue weighted by Gasteiger charge is -2.14. The van der Waals surface area contributed by atoms with Gasteiger partial charge < -0.3 is 15.0 Å². The third kappa shape index (κ3) is 2.41. The molecule has 0 saturated carbocycles. The number of aromatic nitrogens is 2. The molecule has 2 heterocycles. The highest BCUT2D eigenvalue weighted by Crippen LogP contribution is 2.29. The fourth-order valence-electron chi connectivity index (χ4n) is 1.98. The third-order valence-corrected chi connectivity index (χ3v) is 3.48. The lowest BCUT2D eigenvalue weighted by Crippen LogP contribution is -2.37. The van der Waals surface area contributed by atoms with E-state index < -0.39 is 5.54 Å². The van der Waals surface area contributed by atoms with Gasteiger partial charge in [0.15, 0.2) is 0 Å². The van der Waals surface area contributed by atoms with Gasteiger partial charge in [-0.2, -0.15) is 4.98 Å². The van der Waals surface area contributed by atoms with Gasteiger partial charge >= 0.3 is 0 Å². The topological polar surface area (TPSA) is 74.2 Å². The van der Waals surface area contributed by atoms with Gasteiger partial charge in [-0.1, -0.05) is 21.1 Å². The van der Waals surface area contributed by atoms with E-state index in [4.69, 9.17) is 15.0 Å². The highest BCUT2D eigenvalue weighted by Gasteiger charge is 2.38. The first-order valence-corrected chi connectivity index (χ1v) is 6.53. The van der Waals surface area contributed by atoms with Gasteiger partial charge in [-0.25, -0.2) is 4.39 Å². The Bertz CT molecular complexity index is 591. The van der Waals surface area contributed by atoms with Crippen molar-refractivity contribution in [1.82, 2.24) is 10.1 Å². The average Bonchev–Trinajstić information content (AvgIpc) is 2.96. The minimum absolute atomic E-state index is 0.312. The summed E-state index contributed by atoms with van der Waals surface area (Å²) in [5.74, 6) is 0.259. The maximum absolute atomic E-state index is 13.3. The van der Waals surface area contributed by atoms with Gasteiger partial charge in [-0.05, 0) is 24.6 Å². The van der Waals surface area contributed by atoms with E-state index in [0.29, 0.717) is 41.4 Å². The van der Waals surface area contributed by atoms with Gasteiger partial charge in [0.05, 0.1) is 6.61 Å². The van der Waals surface area contributed by atoms with E-state index >= 15 is 0 Å². The van der Waals surface area contributed by atoms with Crippen LogP contribution in [0.5, 0.6) is 0 Å². The van der Waals surface area contributed by atoms with Crippen LogP contribution in [0.2, 0.25) is 0 Å². The molecule has 3 rings (SSSR count). The SMILES string of the molecule is NC1(c2nc(-c3cc(F)cc(Br)c3)no2)CCOC1. The number of nitrogens with two attached hydrogens (primary N) is 1. The number of nitrogens with zero attached hydrogens (tertiary/aromatic N) is 2. The molecular formula is C12H11BrFN3O2. The Labute approximate surface area is 117 Å². The molecule has 0 spiro atoms. The molecule has 1 aromatic carbocycles. The summed E-state index contributed by atoms with van der Waals surface area (Å²) >= 11 is 3.22. The van der Waals surface area contributed by atoms with E-state index in [0.717, 1.165) is 0 Å². The summed E-state index contributed by atoms with van der Waals surface area (Å²) in [6.45, 7) is 0.918. The van der Waals surface area contributed by atoms with Gasteiger partial charge in [-0.3, -0.25) is 0 Å². The number of rotatable bonds is 2. The van der Waals surface area contributed by atoms with Crippen LogP contribution in [0.3, 0.4) is 0 Å². The summed E-state index contributed by atoms with van der Waals surface area (Å²) in [5.41, 5.74) is 5.92. The molecule has 19 heavy (non-hydrogen) atoms. The van der Waals surface area contributed by atoms with Crippen molar-refractivity contribution in [1.29, 1.82) is 0 Å². The van der Waals surface area contributed by atoms with Gasteiger partial charge in [-0.15, -0.1) is 0 Å². The Morgan fingerprint density at radius 2 is 2.21 bits per heavy atom. The van der Waals surface area contributed by atoms with Crippen molar-refractivity contribution in [3.63, 3.8) is 0 Å². The van der Waals surface area contributed by atoms with Crippen molar-refractivity contribution in [2.75, 3.05) is 13.2 Å². The predicted octanol–water partition coefficient (Wildman–Crippen LogP) is 2.21. The largest absolute Gasteiger partial charge is 0.379 e. The van der Waals surface area contributed by atoms with Crippen LogP contribution in [0.1, 0.15) is 12.3 Å². The zero-order chi connectivity index (χ0) is 13.5. The number of halogens is 2. The molecule has 1 atom stereocenters. The molecule has 0 bridgehead atoms. The van der Waals surface area contributed by atoms with Crippen LogP contribution in [0.25, 0.3) is 11.4 Å². The number of benzene rings is 1. The van der Waals surface area contributed by atoms with Crippen molar-refractivity contribution in [3.05, 3.63) is 34.4 Å². The monoisotopic (exact) mass is 327 g/mol. The Morgan fingerprint density at radius 3 is 2.89 bits per heavy atom. The second-order valence-corrected chi connectivity index (χ2v) is 5.46. The zero-order valence-electron chi connectivity index (χ0n) is 9.90. The van der Waals surface area contributed by atoms with Crippen LogP contribution in [0, 0.1) is 5.82 Å². The Balaban J connectivity index is 1.96. The molecule has 1 aliphatic heterocycles. The minimum atomic E-state index is -0.740. The highest BCUT2D eigenvalue weighted by molar-refractivity contribution is 9.10. The fourth-order valence-corrected chi connectivity index (χ4v) is 2.44. The van der Waals surface area contributed by atoms with Crippen LogP contribution in [0.4, 0.5) is 4.39 Å². The van der Waals surface area contributed by atoms with E-state index in [9.17, 15) is 4.39 Å². The average molecular weight is 328 g/mol. The van der Waals surface area contributed by atoms with Gasteiger partial charge in [0, 0.05) is 16.6 Å². The molecule has 100 valence electrons. The van der Waals surface area contributed by atoms with Crippen molar-refractivity contribution in [2.24, 2.45) is 5.73 Å². The maximum atomic E-state index is 13.3. The molecule has 1 saturated heterocycles. The first-order valence-electron chi connectivity index (χ1n) is 5.74. The minimum Gasteiger partial charge on any atom is -0.379 e. The van der Waals surface area contributed by atoms with Gasteiger partial charge in [0.2, 0.25) is 11.7 Å². The summed E-state index contributed by atoms with van der Waals surface area (Å²) in [5, 5.41) is 3.85. The van der Waals surface area contributed by atoms with Crippen LogP contribution in [-0.4, -0.2) is 23.4 Å². The lowest BCUT2D eigenvalue weighted by atomic mass is 10.0. The Morgan fingerprint density at radius 1 is 1.37 bits per heavy atom. The van der Waals surface area contributed by atoms with Gasteiger partial charge in [0.25, 0.3) is 0 Å². The fraction of sp³-hybridized carbons (Fsp3) is 0.333. The van der Waals surface area contributed by atoms with Crippen molar-refractivity contribution < 1.29 is 13.7 Å². The normalized spacial score (nSPS) is 22.9. The Kier molecular flexibility index (Phi) is 3.12. The van der Waals surface area contributed by atoms with Crippen LogP contribution < -0.4 is 5.73 Å². The van der Waals surface area contributed by atoms with Crippen LogP contribution >= 0.6 is 15.9 Å². The number of hydrogen-bond acceptors (Lipinski definition) is 5. The molecule has 7 heteroatoms. The number of ether oxygens (including phenoxy) is 1. The van der Waals surface area contributed by atoms with Crippen molar-refractivity contribution in [3.8, 4) is 11.4 Å². The van der Waals surface area contributed by atoms with E-state index in [1.54, 1.807) is 6.07 Å².